The molecule has 1 fully saturated rings. The molecule has 0 spiro atoms. The average Bonchev–Trinajstić information content (AvgIpc) is 3.00. The van der Waals surface area contributed by atoms with E-state index in [1.165, 1.54) is 6.08 Å². The van der Waals surface area contributed by atoms with Crippen LogP contribution >= 0.6 is 0 Å². The van der Waals surface area contributed by atoms with Gasteiger partial charge in [0.2, 0.25) is 0 Å². The van der Waals surface area contributed by atoms with Crippen LogP contribution in [0.25, 0.3) is 6.08 Å². The quantitative estimate of drug-likeness (QED) is 0.455. The van der Waals surface area contributed by atoms with Gasteiger partial charge >= 0.3 is 5.97 Å². The normalized spacial score (nSPS) is 17.0. The summed E-state index contributed by atoms with van der Waals surface area (Å²) in [5, 5.41) is 0. The second-order valence-electron chi connectivity index (χ2n) is 5.42. The van der Waals surface area contributed by atoms with Gasteiger partial charge in [-0.2, -0.15) is 0 Å². The van der Waals surface area contributed by atoms with Crippen molar-refractivity contribution in [2.45, 2.75) is 32.6 Å². The molecule has 1 aromatic rings. The van der Waals surface area contributed by atoms with Crippen LogP contribution in [0.3, 0.4) is 0 Å². The fourth-order valence-electron chi connectivity index (χ4n) is 2.91. The Bertz CT molecular complexity index is 498. The first-order valence-corrected chi connectivity index (χ1v) is 7.66. The van der Waals surface area contributed by atoms with Gasteiger partial charge in [0, 0.05) is 0 Å². The summed E-state index contributed by atoms with van der Waals surface area (Å²) in [5.74, 6) is -0.999. The zero-order valence-corrected chi connectivity index (χ0v) is 12.5. The van der Waals surface area contributed by atoms with Gasteiger partial charge in [-0.3, -0.25) is 9.59 Å². The number of benzene rings is 1. The molecule has 1 aliphatic rings. The lowest BCUT2D eigenvalue weighted by atomic mass is 9.87. The predicted octanol–water partition coefficient (Wildman–Crippen LogP) is 3.64. The second-order valence-corrected chi connectivity index (χ2v) is 5.42. The van der Waals surface area contributed by atoms with Gasteiger partial charge in [0.15, 0.2) is 5.78 Å². The van der Waals surface area contributed by atoms with E-state index in [-0.39, 0.29) is 17.7 Å². The first-order chi connectivity index (χ1) is 10.2. The van der Waals surface area contributed by atoms with Crippen LogP contribution < -0.4 is 0 Å². The van der Waals surface area contributed by atoms with Crippen LogP contribution in [0, 0.1) is 11.8 Å². The second kappa shape index (κ2) is 7.77. The van der Waals surface area contributed by atoms with Crippen LogP contribution in [0.5, 0.6) is 0 Å². The molecule has 0 heterocycles. The maximum absolute atomic E-state index is 12.4. The fraction of sp³-hybridized carbons (Fsp3) is 0.444. The Morgan fingerprint density at radius 1 is 1.24 bits per heavy atom. The van der Waals surface area contributed by atoms with Crippen LogP contribution in [-0.4, -0.2) is 18.4 Å². The Morgan fingerprint density at radius 3 is 2.52 bits per heavy atom. The molecule has 0 N–H and O–H groups in total. The summed E-state index contributed by atoms with van der Waals surface area (Å²) in [6.45, 7) is 2.09. The van der Waals surface area contributed by atoms with E-state index in [1.807, 2.05) is 30.3 Å². The number of rotatable bonds is 6. The molecule has 3 heteroatoms. The van der Waals surface area contributed by atoms with Crippen molar-refractivity contribution in [3.05, 3.63) is 42.0 Å². The van der Waals surface area contributed by atoms with Crippen molar-refractivity contribution in [3.63, 3.8) is 0 Å². The van der Waals surface area contributed by atoms with E-state index in [0.29, 0.717) is 6.61 Å². The lowest BCUT2D eigenvalue weighted by molar-refractivity contribution is -0.152. The Hall–Kier alpha value is -1.90. The zero-order valence-electron chi connectivity index (χ0n) is 12.5. The number of allylic oxidation sites excluding steroid dienone is 1. The van der Waals surface area contributed by atoms with Crippen molar-refractivity contribution in [1.29, 1.82) is 0 Å². The number of carbonyl (C=O) groups excluding carboxylic acids is 2. The lowest BCUT2D eigenvalue weighted by Crippen LogP contribution is -2.31. The van der Waals surface area contributed by atoms with E-state index in [1.54, 1.807) is 13.0 Å². The van der Waals surface area contributed by atoms with Crippen LogP contribution in [0.2, 0.25) is 0 Å². The third kappa shape index (κ3) is 4.28. The highest BCUT2D eigenvalue weighted by atomic mass is 16.5. The molecule has 1 atom stereocenters. The van der Waals surface area contributed by atoms with E-state index in [9.17, 15) is 9.59 Å². The maximum Gasteiger partial charge on any atom is 0.317 e. The first-order valence-electron chi connectivity index (χ1n) is 7.66. The summed E-state index contributed by atoms with van der Waals surface area (Å²) in [7, 11) is 0. The van der Waals surface area contributed by atoms with Gasteiger partial charge in [-0.05, 0) is 37.3 Å². The number of ketones is 1. The molecular weight excluding hydrogens is 264 g/mol. The monoisotopic (exact) mass is 286 g/mol. The van der Waals surface area contributed by atoms with Gasteiger partial charge in [0.1, 0.15) is 5.92 Å². The molecule has 0 bridgehead atoms. The highest BCUT2D eigenvalue weighted by Gasteiger charge is 2.36. The van der Waals surface area contributed by atoms with E-state index in [2.05, 4.69) is 0 Å². The molecule has 0 aliphatic heterocycles. The van der Waals surface area contributed by atoms with Gasteiger partial charge in [-0.15, -0.1) is 0 Å². The number of hydrogen-bond donors (Lipinski definition) is 0. The summed E-state index contributed by atoms with van der Waals surface area (Å²) in [6, 6.07) is 9.63. The van der Waals surface area contributed by atoms with Crippen molar-refractivity contribution in [2.75, 3.05) is 6.61 Å². The Balaban J connectivity index is 2.10. The molecule has 2 rings (SSSR count). The van der Waals surface area contributed by atoms with Crippen molar-refractivity contribution < 1.29 is 14.3 Å². The topological polar surface area (TPSA) is 43.4 Å². The zero-order chi connectivity index (χ0) is 15.1. The van der Waals surface area contributed by atoms with Crippen LogP contribution in [0.1, 0.15) is 38.2 Å². The molecule has 112 valence electrons. The summed E-state index contributed by atoms with van der Waals surface area (Å²) in [5.41, 5.74) is 0.958. The number of carbonyl (C=O) groups is 2. The molecule has 0 saturated heterocycles. The van der Waals surface area contributed by atoms with Gasteiger partial charge in [-0.25, -0.2) is 0 Å². The molecule has 1 unspecified atom stereocenters. The van der Waals surface area contributed by atoms with E-state index < -0.39 is 5.92 Å². The standard InChI is InChI=1S/C18H22O3/c1-2-21-18(20)17(15-10-6-7-11-15)16(19)13-12-14-8-4-3-5-9-14/h3-5,8-9,12-13,15,17H,2,6-7,10-11H2,1H3. The minimum absolute atomic E-state index is 0.135. The minimum Gasteiger partial charge on any atom is -0.465 e. The smallest absolute Gasteiger partial charge is 0.317 e. The molecule has 0 amide bonds. The molecule has 1 saturated carbocycles. The Labute approximate surface area is 126 Å². The maximum atomic E-state index is 12.4. The summed E-state index contributed by atoms with van der Waals surface area (Å²) >= 11 is 0. The summed E-state index contributed by atoms with van der Waals surface area (Å²) < 4.78 is 5.10. The highest BCUT2D eigenvalue weighted by molar-refractivity contribution is 6.07. The van der Waals surface area contributed by atoms with Crippen molar-refractivity contribution in [3.8, 4) is 0 Å². The molecule has 21 heavy (non-hydrogen) atoms. The predicted molar refractivity (Wildman–Crippen MR) is 82.6 cm³/mol. The highest BCUT2D eigenvalue weighted by Crippen LogP contribution is 2.33. The van der Waals surface area contributed by atoms with E-state index >= 15 is 0 Å². The fourth-order valence-corrected chi connectivity index (χ4v) is 2.91. The van der Waals surface area contributed by atoms with Gasteiger partial charge in [0.05, 0.1) is 6.61 Å². The van der Waals surface area contributed by atoms with E-state index in [0.717, 1.165) is 31.2 Å². The molecule has 0 aromatic heterocycles. The molecule has 3 nitrogen and oxygen atoms in total. The summed E-state index contributed by atoms with van der Waals surface area (Å²) in [6.07, 6.45) is 7.36. The van der Waals surface area contributed by atoms with Crippen molar-refractivity contribution in [1.82, 2.24) is 0 Å². The molecule has 1 aromatic carbocycles. The van der Waals surface area contributed by atoms with Gasteiger partial charge in [-0.1, -0.05) is 49.2 Å². The van der Waals surface area contributed by atoms with E-state index in [4.69, 9.17) is 4.74 Å². The SMILES string of the molecule is CCOC(=O)C(C(=O)C=Cc1ccccc1)C1CCCC1. The molecular formula is C18H22O3. The Kier molecular flexibility index (Phi) is 5.73. The Morgan fingerprint density at radius 2 is 1.90 bits per heavy atom. The van der Waals surface area contributed by atoms with Gasteiger partial charge < -0.3 is 4.74 Å². The largest absolute Gasteiger partial charge is 0.465 e. The molecule has 1 aliphatic carbocycles. The molecule has 0 radical (unpaired) electrons. The lowest BCUT2D eigenvalue weighted by Gasteiger charge is -2.18. The third-order valence-corrected chi connectivity index (χ3v) is 3.96. The van der Waals surface area contributed by atoms with Crippen LogP contribution in [0.4, 0.5) is 0 Å². The van der Waals surface area contributed by atoms with Gasteiger partial charge in [0.25, 0.3) is 0 Å². The van der Waals surface area contributed by atoms with Crippen molar-refractivity contribution in [2.24, 2.45) is 11.8 Å². The van der Waals surface area contributed by atoms with Crippen molar-refractivity contribution >= 4 is 17.8 Å². The average molecular weight is 286 g/mol. The first kappa shape index (κ1) is 15.5. The minimum atomic E-state index is -0.632. The third-order valence-electron chi connectivity index (χ3n) is 3.96. The number of ether oxygens (including phenoxy) is 1. The van der Waals surface area contributed by atoms with Crippen LogP contribution in [0.15, 0.2) is 36.4 Å². The summed E-state index contributed by atoms with van der Waals surface area (Å²) in [4.78, 5) is 24.5. The number of hydrogen-bond acceptors (Lipinski definition) is 3. The van der Waals surface area contributed by atoms with Crippen LogP contribution in [-0.2, 0) is 14.3 Å². The number of esters is 1.